The molecule has 0 bridgehead atoms. The molecule has 14 heteroatoms. The molecule has 1 atom stereocenters. The SMILES string of the molecule is CCS(=O)(=O)c1cc(C(F)(F)F)cc(S(=O)(=O)N(C)[C@@H]2CCCc3c2cnn3CC(=O)O)c1. The first-order valence-electron chi connectivity index (χ1n) is 9.88. The van der Waals surface area contributed by atoms with Gasteiger partial charge in [-0.15, -0.1) is 0 Å². The third kappa shape index (κ3) is 4.92. The van der Waals surface area contributed by atoms with Crippen LogP contribution >= 0.6 is 0 Å². The number of fused-ring (bicyclic) bond motifs is 1. The van der Waals surface area contributed by atoms with E-state index >= 15 is 0 Å². The minimum atomic E-state index is -4.96. The lowest BCUT2D eigenvalue weighted by molar-refractivity contribution is -0.138. The molecule has 0 unspecified atom stereocenters. The molecule has 1 aromatic carbocycles. The normalized spacial score (nSPS) is 17.2. The zero-order valence-corrected chi connectivity index (χ0v) is 19.3. The molecule has 3 rings (SSSR count). The van der Waals surface area contributed by atoms with Gasteiger partial charge in [-0.1, -0.05) is 6.92 Å². The average molecular weight is 510 g/mol. The monoisotopic (exact) mass is 509 g/mol. The standard InChI is InChI=1S/C19H22F3N3O6S2/c1-3-32(28,29)13-7-12(19(20,21)22)8-14(9-13)33(30,31)24(2)16-5-4-6-17-15(16)10-23-25(17)11-18(26)27/h7-10,16H,3-6,11H2,1-2H3,(H,26,27)/t16-/m1/s1. The first-order valence-corrected chi connectivity index (χ1v) is 13.0. The predicted molar refractivity (Wildman–Crippen MR) is 110 cm³/mol. The molecule has 0 fully saturated rings. The molecule has 1 N–H and O–H groups in total. The van der Waals surface area contributed by atoms with Crippen molar-refractivity contribution in [1.82, 2.24) is 14.1 Å². The summed E-state index contributed by atoms with van der Waals surface area (Å²) in [6.45, 7) is 0.832. The van der Waals surface area contributed by atoms with Gasteiger partial charge in [0, 0.05) is 18.3 Å². The molecule has 1 aliphatic rings. The number of benzene rings is 1. The van der Waals surface area contributed by atoms with E-state index in [9.17, 15) is 34.8 Å². The van der Waals surface area contributed by atoms with Crippen LogP contribution in [0.5, 0.6) is 0 Å². The van der Waals surface area contributed by atoms with Gasteiger partial charge in [0.2, 0.25) is 10.0 Å². The fourth-order valence-corrected chi connectivity index (χ4v) is 6.26. The van der Waals surface area contributed by atoms with Gasteiger partial charge in [0.1, 0.15) is 6.54 Å². The molecule has 0 radical (unpaired) electrons. The fraction of sp³-hybridized carbons (Fsp3) is 0.474. The van der Waals surface area contributed by atoms with Crippen LogP contribution in [0.15, 0.2) is 34.2 Å². The fourth-order valence-electron chi connectivity index (χ4n) is 3.80. The van der Waals surface area contributed by atoms with Crippen molar-refractivity contribution in [2.24, 2.45) is 0 Å². The highest BCUT2D eigenvalue weighted by molar-refractivity contribution is 7.91. The van der Waals surface area contributed by atoms with E-state index in [1.807, 2.05) is 0 Å². The highest BCUT2D eigenvalue weighted by Crippen LogP contribution is 2.38. The molecule has 0 amide bonds. The van der Waals surface area contributed by atoms with Crippen molar-refractivity contribution in [3.63, 3.8) is 0 Å². The minimum Gasteiger partial charge on any atom is -0.480 e. The third-order valence-corrected chi connectivity index (χ3v) is 9.14. The number of sulfonamides is 1. The topological polar surface area (TPSA) is 127 Å². The van der Waals surface area contributed by atoms with Crippen molar-refractivity contribution in [1.29, 1.82) is 0 Å². The van der Waals surface area contributed by atoms with Crippen LogP contribution in [0.1, 0.15) is 42.6 Å². The number of halogens is 3. The van der Waals surface area contributed by atoms with Crippen molar-refractivity contribution in [3.05, 3.63) is 41.2 Å². The molecular formula is C19H22F3N3O6S2. The highest BCUT2D eigenvalue weighted by Gasteiger charge is 2.38. The molecule has 0 saturated carbocycles. The molecule has 33 heavy (non-hydrogen) atoms. The van der Waals surface area contributed by atoms with Gasteiger partial charge < -0.3 is 5.11 Å². The third-order valence-electron chi connectivity index (χ3n) is 5.58. The van der Waals surface area contributed by atoms with Crippen molar-refractivity contribution < 1.29 is 39.9 Å². The van der Waals surface area contributed by atoms with Gasteiger partial charge >= 0.3 is 12.1 Å². The summed E-state index contributed by atoms with van der Waals surface area (Å²) in [4.78, 5) is 9.53. The van der Waals surface area contributed by atoms with Crippen molar-refractivity contribution in [3.8, 4) is 0 Å². The van der Waals surface area contributed by atoms with Crippen LogP contribution < -0.4 is 0 Å². The summed E-state index contributed by atoms with van der Waals surface area (Å²) in [7, 11) is -7.48. The molecule has 1 heterocycles. The van der Waals surface area contributed by atoms with E-state index in [0.717, 1.165) is 10.4 Å². The van der Waals surface area contributed by atoms with Gasteiger partial charge in [-0.25, -0.2) is 16.8 Å². The van der Waals surface area contributed by atoms with Crippen LogP contribution in [-0.4, -0.2) is 54.8 Å². The van der Waals surface area contributed by atoms with Gasteiger partial charge in [0.05, 0.1) is 33.3 Å². The minimum absolute atomic E-state index is 0.334. The Morgan fingerprint density at radius 3 is 2.42 bits per heavy atom. The maximum atomic E-state index is 13.4. The molecule has 0 spiro atoms. The number of carboxylic acids is 1. The summed E-state index contributed by atoms with van der Waals surface area (Å²) in [5.41, 5.74) is -0.390. The van der Waals surface area contributed by atoms with E-state index in [1.165, 1.54) is 24.9 Å². The Kier molecular flexibility index (Phi) is 6.65. The predicted octanol–water partition coefficient (Wildman–Crippen LogP) is 2.48. The van der Waals surface area contributed by atoms with E-state index in [2.05, 4.69) is 5.10 Å². The van der Waals surface area contributed by atoms with Crippen molar-refractivity contribution >= 4 is 25.8 Å². The van der Waals surface area contributed by atoms with Gasteiger partial charge in [-0.05, 0) is 37.5 Å². The number of hydrogen-bond donors (Lipinski definition) is 1. The van der Waals surface area contributed by atoms with E-state index in [4.69, 9.17) is 5.11 Å². The molecule has 1 aliphatic carbocycles. The summed E-state index contributed by atoms with van der Waals surface area (Å²) in [6, 6.07) is 0.768. The Labute approximate surface area is 188 Å². The lowest BCUT2D eigenvalue weighted by Crippen LogP contribution is -2.34. The van der Waals surface area contributed by atoms with Gasteiger partial charge in [-0.2, -0.15) is 22.6 Å². The number of carboxylic acid groups (broad SMARTS) is 1. The number of nitrogens with zero attached hydrogens (tertiary/aromatic N) is 3. The Bertz CT molecular complexity index is 1290. The Morgan fingerprint density at radius 2 is 1.85 bits per heavy atom. The molecule has 0 aliphatic heterocycles. The lowest BCUT2D eigenvalue weighted by Gasteiger charge is -2.31. The summed E-state index contributed by atoms with van der Waals surface area (Å²) in [5, 5.41) is 13.1. The second-order valence-corrected chi connectivity index (χ2v) is 11.9. The zero-order valence-electron chi connectivity index (χ0n) is 17.7. The van der Waals surface area contributed by atoms with Crippen LogP contribution in [0.3, 0.4) is 0 Å². The van der Waals surface area contributed by atoms with E-state index in [0.29, 0.717) is 42.7 Å². The molecule has 182 valence electrons. The van der Waals surface area contributed by atoms with E-state index in [-0.39, 0.29) is 0 Å². The first-order chi connectivity index (χ1) is 15.2. The highest BCUT2D eigenvalue weighted by atomic mass is 32.2. The summed E-state index contributed by atoms with van der Waals surface area (Å²) in [5.74, 6) is -1.63. The maximum Gasteiger partial charge on any atom is 0.416 e. The molecule has 0 saturated heterocycles. The van der Waals surface area contributed by atoms with E-state index < -0.39 is 65.7 Å². The van der Waals surface area contributed by atoms with Crippen LogP contribution in [-0.2, 0) is 43.8 Å². The summed E-state index contributed by atoms with van der Waals surface area (Å²) < 4.78 is 93.5. The number of hydrogen-bond acceptors (Lipinski definition) is 6. The number of carbonyl (C=O) groups is 1. The quantitative estimate of drug-likeness (QED) is 0.608. The van der Waals surface area contributed by atoms with Gasteiger partial charge in [0.25, 0.3) is 0 Å². The number of sulfone groups is 1. The van der Waals surface area contributed by atoms with E-state index in [1.54, 1.807) is 0 Å². The summed E-state index contributed by atoms with van der Waals surface area (Å²) in [6.07, 6.45) is -2.30. The first kappa shape index (κ1) is 25.2. The number of aromatic nitrogens is 2. The maximum absolute atomic E-state index is 13.4. The van der Waals surface area contributed by atoms with Gasteiger partial charge in [0.15, 0.2) is 9.84 Å². The Balaban J connectivity index is 2.09. The molecular weight excluding hydrogens is 487 g/mol. The number of aliphatic carboxylic acids is 1. The van der Waals surface area contributed by atoms with Crippen LogP contribution in [0, 0.1) is 0 Å². The van der Waals surface area contributed by atoms with Crippen LogP contribution in [0.25, 0.3) is 0 Å². The number of rotatable bonds is 7. The summed E-state index contributed by atoms with van der Waals surface area (Å²) >= 11 is 0. The Morgan fingerprint density at radius 1 is 1.21 bits per heavy atom. The molecule has 2 aromatic rings. The average Bonchev–Trinajstić information content (AvgIpc) is 3.14. The van der Waals surface area contributed by atoms with Crippen LogP contribution in [0.4, 0.5) is 13.2 Å². The second-order valence-electron chi connectivity index (χ2n) is 7.62. The van der Waals surface area contributed by atoms with Crippen LogP contribution in [0.2, 0.25) is 0 Å². The number of alkyl halides is 3. The zero-order chi connectivity index (χ0) is 24.8. The smallest absolute Gasteiger partial charge is 0.416 e. The van der Waals surface area contributed by atoms with Crippen molar-refractivity contribution in [2.45, 2.75) is 54.7 Å². The molecule has 9 nitrogen and oxygen atoms in total. The van der Waals surface area contributed by atoms with Crippen molar-refractivity contribution in [2.75, 3.05) is 12.8 Å². The molecule has 1 aromatic heterocycles. The second kappa shape index (κ2) is 8.72. The largest absolute Gasteiger partial charge is 0.480 e. The van der Waals surface area contributed by atoms with Gasteiger partial charge in [-0.3, -0.25) is 9.48 Å². The lowest BCUT2D eigenvalue weighted by atomic mass is 9.93. The Hall–Kier alpha value is -2.45.